The van der Waals surface area contributed by atoms with Gasteiger partial charge in [0.1, 0.15) is 0 Å². The molecule has 0 bridgehead atoms. The highest BCUT2D eigenvalue weighted by Gasteiger charge is 2.18. The zero-order chi connectivity index (χ0) is 11.6. The molecule has 1 heterocycles. The smallest absolute Gasteiger partial charge is 0.0698 e. The maximum absolute atomic E-state index is 8.59. The fraction of sp³-hybridized carbons (Fsp3) is 1.00. The van der Waals surface area contributed by atoms with Gasteiger partial charge >= 0.3 is 0 Å². The lowest BCUT2D eigenvalue weighted by atomic mass is 10.1. The predicted molar refractivity (Wildman–Crippen MR) is 65.7 cm³/mol. The van der Waals surface area contributed by atoms with Crippen LogP contribution in [0.15, 0.2) is 0 Å². The Hall–Kier alpha value is -0.160. The molecule has 4 nitrogen and oxygen atoms in total. The molecule has 4 heteroatoms. The summed E-state index contributed by atoms with van der Waals surface area (Å²) in [4.78, 5) is 2.45. The number of piperidine rings is 1. The van der Waals surface area contributed by atoms with Crippen molar-refractivity contribution in [3.8, 4) is 0 Å². The number of rotatable bonds is 8. The molecule has 1 unspecified atom stereocenters. The second-order valence-electron chi connectivity index (χ2n) is 4.43. The number of aliphatic hydroxyl groups excluding tert-OH is 1. The monoisotopic (exact) mass is 230 g/mol. The number of nitrogens with zero attached hydrogens (tertiary/aromatic N) is 1. The van der Waals surface area contributed by atoms with Crippen molar-refractivity contribution >= 4 is 0 Å². The van der Waals surface area contributed by atoms with Crippen LogP contribution in [0.2, 0.25) is 0 Å². The van der Waals surface area contributed by atoms with Gasteiger partial charge in [-0.2, -0.15) is 0 Å². The van der Waals surface area contributed by atoms with Crippen LogP contribution in [0.3, 0.4) is 0 Å². The standard InChI is InChI=1S/C12H26N2O2/c1-2-5-13-12-4-3-6-14(11-12)7-9-16-10-8-15/h12-13,15H,2-11H2,1H3. The summed E-state index contributed by atoms with van der Waals surface area (Å²) in [5.74, 6) is 0. The molecule has 1 rings (SSSR count). The summed E-state index contributed by atoms with van der Waals surface area (Å²) in [6.45, 7) is 7.97. The van der Waals surface area contributed by atoms with E-state index in [-0.39, 0.29) is 6.61 Å². The maximum atomic E-state index is 8.59. The highest BCUT2D eigenvalue weighted by atomic mass is 16.5. The van der Waals surface area contributed by atoms with Gasteiger partial charge < -0.3 is 15.2 Å². The molecule has 96 valence electrons. The van der Waals surface area contributed by atoms with Crippen LogP contribution in [0.5, 0.6) is 0 Å². The van der Waals surface area contributed by atoms with Crippen molar-refractivity contribution in [3.63, 3.8) is 0 Å². The number of nitrogens with one attached hydrogen (secondary N) is 1. The topological polar surface area (TPSA) is 44.7 Å². The first-order valence-electron chi connectivity index (χ1n) is 6.51. The fourth-order valence-electron chi connectivity index (χ4n) is 2.13. The van der Waals surface area contributed by atoms with Crippen LogP contribution < -0.4 is 5.32 Å². The molecule has 1 aliphatic rings. The Kier molecular flexibility index (Phi) is 7.76. The summed E-state index contributed by atoms with van der Waals surface area (Å²) in [7, 11) is 0. The molecule has 0 spiro atoms. The van der Waals surface area contributed by atoms with E-state index in [0.717, 1.165) is 26.2 Å². The van der Waals surface area contributed by atoms with Gasteiger partial charge in [-0.05, 0) is 32.4 Å². The van der Waals surface area contributed by atoms with Crippen molar-refractivity contribution in [3.05, 3.63) is 0 Å². The minimum Gasteiger partial charge on any atom is -0.394 e. The summed E-state index contributed by atoms with van der Waals surface area (Å²) >= 11 is 0. The third-order valence-corrected chi connectivity index (χ3v) is 2.98. The minimum atomic E-state index is 0.126. The van der Waals surface area contributed by atoms with Crippen LogP contribution in [0.1, 0.15) is 26.2 Å². The van der Waals surface area contributed by atoms with Gasteiger partial charge in [0.2, 0.25) is 0 Å². The van der Waals surface area contributed by atoms with E-state index in [2.05, 4.69) is 17.1 Å². The first kappa shape index (κ1) is 13.9. The van der Waals surface area contributed by atoms with Crippen LogP contribution in [0.25, 0.3) is 0 Å². The average Bonchev–Trinajstić information content (AvgIpc) is 2.33. The van der Waals surface area contributed by atoms with E-state index in [1.165, 1.54) is 25.8 Å². The summed E-state index contributed by atoms with van der Waals surface area (Å²) < 4.78 is 5.29. The van der Waals surface area contributed by atoms with E-state index in [1.54, 1.807) is 0 Å². The molecule has 0 aromatic heterocycles. The van der Waals surface area contributed by atoms with Crippen LogP contribution in [0, 0.1) is 0 Å². The maximum Gasteiger partial charge on any atom is 0.0698 e. The number of ether oxygens (including phenoxy) is 1. The van der Waals surface area contributed by atoms with Gasteiger partial charge in [-0.1, -0.05) is 6.92 Å². The highest BCUT2D eigenvalue weighted by molar-refractivity contribution is 4.77. The van der Waals surface area contributed by atoms with Gasteiger partial charge in [-0.25, -0.2) is 0 Å². The summed E-state index contributed by atoms with van der Waals surface area (Å²) in [5.41, 5.74) is 0. The zero-order valence-electron chi connectivity index (χ0n) is 10.5. The SMILES string of the molecule is CCCNC1CCCN(CCOCCO)C1. The fourth-order valence-corrected chi connectivity index (χ4v) is 2.13. The van der Waals surface area contributed by atoms with Crippen molar-refractivity contribution in [1.29, 1.82) is 0 Å². The van der Waals surface area contributed by atoms with E-state index in [0.29, 0.717) is 12.6 Å². The molecule has 0 aromatic carbocycles. The first-order chi connectivity index (χ1) is 7.86. The normalized spacial score (nSPS) is 22.5. The van der Waals surface area contributed by atoms with E-state index in [1.807, 2.05) is 0 Å². The number of hydrogen-bond donors (Lipinski definition) is 2. The number of hydrogen-bond acceptors (Lipinski definition) is 4. The lowest BCUT2D eigenvalue weighted by molar-refractivity contribution is 0.0656. The molecule has 0 saturated carbocycles. The molecule has 1 aliphatic heterocycles. The Morgan fingerprint density at radius 2 is 2.31 bits per heavy atom. The van der Waals surface area contributed by atoms with Crippen molar-refractivity contribution in [2.24, 2.45) is 0 Å². The molecule has 0 amide bonds. The molecular weight excluding hydrogens is 204 g/mol. The third kappa shape index (κ3) is 5.80. The molecule has 0 radical (unpaired) electrons. The third-order valence-electron chi connectivity index (χ3n) is 2.98. The molecule has 2 N–H and O–H groups in total. The zero-order valence-corrected chi connectivity index (χ0v) is 10.5. The van der Waals surface area contributed by atoms with E-state index >= 15 is 0 Å². The van der Waals surface area contributed by atoms with Gasteiger partial charge in [-0.15, -0.1) is 0 Å². The first-order valence-corrected chi connectivity index (χ1v) is 6.51. The summed E-state index contributed by atoms with van der Waals surface area (Å²) in [5, 5.41) is 12.2. The Morgan fingerprint density at radius 3 is 3.06 bits per heavy atom. The number of aliphatic hydroxyl groups is 1. The van der Waals surface area contributed by atoms with E-state index in [9.17, 15) is 0 Å². The molecule has 1 fully saturated rings. The van der Waals surface area contributed by atoms with Crippen molar-refractivity contribution in [1.82, 2.24) is 10.2 Å². The molecule has 1 atom stereocenters. The second kappa shape index (κ2) is 8.93. The van der Waals surface area contributed by atoms with Gasteiger partial charge in [0.25, 0.3) is 0 Å². The van der Waals surface area contributed by atoms with Gasteiger partial charge in [0, 0.05) is 19.1 Å². The predicted octanol–water partition coefficient (Wildman–Crippen LogP) is 0.459. The number of likely N-dealkylation sites (tertiary alicyclic amines) is 1. The van der Waals surface area contributed by atoms with Gasteiger partial charge in [-0.3, -0.25) is 4.90 Å². The summed E-state index contributed by atoms with van der Waals surface area (Å²) in [6, 6.07) is 0.659. The molecule has 1 saturated heterocycles. The Morgan fingerprint density at radius 1 is 1.44 bits per heavy atom. The quantitative estimate of drug-likeness (QED) is 0.595. The largest absolute Gasteiger partial charge is 0.394 e. The molecule has 0 aliphatic carbocycles. The van der Waals surface area contributed by atoms with E-state index in [4.69, 9.17) is 9.84 Å². The Balaban J connectivity index is 2.07. The van der Waals surface area contributed by atoms with Gasteiger partial charge in [0.05, 0.1) is 19.8 Å². The lowest BCUT2D eigenvalue weighted by Gasteiger charge is -2.33. The van der Waals surface area contributed by atoms with Crippen LogP contribution in [0.4, 0.5) is 0 Å². The van der Waals surface area contributed by atoms with E-state index < -0.39 is 0 Å². The van der Waals surface area contributed by atoms with Crippen molar-refractivity contribution < 1.29 is 9.84 Å². The molecular formula is C12H26N2O2. The second-order valence-corrected chi connectivity index (χ2v) is 4.43. The van der Waals surface area contributed by atoms with Crippen molar-refractivity contribution in [2.75, 3.05) is 46.0 Å². The minimum absolute atomic E-state index is 0.126. The van der Waals surface area contributed by atoms with Crippen LogP contribution in [-0.2, 0) is 4.74 Å². The highest BCUT2D eigenvalue weighted by Crippen LogP contribution is 2.09. The lowest BCUT2D eigenvalue weighted by Crippen LogP contribution is -2.46. The molecule has 16 heavy (non-hydrogen) atoms. The van der Waals surface area contributed by atoms with Gasteiger partial charge in [0.15, 0.2) is 0 Å². The van der Waals surface area contributed by atoms with Crippen LogP contribution >= 0.6 is 0 Å². The Labute approximate surface area is 99.0 Å². The van der Waals surface area contributed by atoms with Crippen LogP contribution in [-0.4, -0.2) is 62.0 Å². The molecule has 0 aromatic rings. The van der Waals surface area contributed by atoms with Crippen molar-refractivity contribution in [2.45, 2.75) is 32.2 Å². The average molecular weight is 230 g/mol. The Bertz CT molecular complexity index is 167. The summed E-state index contributed by atoms with van der Waals surface area (Å²) in [6.07, 6.45) is 3.78.